The van der Waals surface area contributed by atoms with Crippen LogP contribution >= 0.6 is 0 Å². The van der Waals surface area contributed by atoms with Gasteiger partial charge in [0.05, 0.1) is 29.8 Å². The minimum atomic E-state index is -5.08. The average molecular weight is 570 g/mol. The van der Waals surface area contributed by atoms with Gasteiger partial charge in [0, 0.05) is 37.8 Å². The number of aliphatic carboxylic acids is 1. The van der Waals surface area contributed by atoms with Crippen molar-refractivity contribution in [2.45, 2.75) is 19.3 Å². The first-order chi connectivity index (χ1) is 19.5. The van der Waals surface area contributed by atoms with Crippen molar-refractivity contribution >= 4 is 28.3 Å². The highest BCUT2D eigenvalue weighted by Crippen LogP contribution is 2.31. The number of fused-ring (bicyclic) bond motifs is 1. The maximum Gasteiger partial charge on any atom is 0.490 e. The van der Waals surface area contributed by atoms with Gasteiger partial charge in [0.1, 0.15) is 17.6 Å². The minimum Gasteiger partial charge on any atom is -0.508 e. The number of aromatic nitrogens is 2. The van der Waals surface area contributed by atoms with Gasteiger partial charge in [-0.3, -0.25) is 9.69 Å². The molecule has 2 N–H and O–H groups in total. The Morgan fingerprint density at radius 1 is 1.07 bits per heavy atom. The third-order valence-electron chi connectivity index (χ3n) is 6.36. The van der Waals surface area contributed by atoms with Crippen molar-refractivity contribution in [2.75, 3.05) is 24.5 Å². The van der Waals surface area contributed by atoms with Crippen LogP contribution < -0.4 is 4.90 Å². The Morgan fingerprint density at radius 2 is 1.83 bits per heavy atom. The Hall–Kier alpha value is -4.96. The van der Waals surface area contributed by atoms with Crippen LogP contribution in [0.5, 0.6) is 5.75 Å². The number of phenols is 1. The molecule has 9 nitrogen and oxygen atoms in total. The number of piperazine rings is 1. The zero-order chi connectivity index (χ0) is 29.7. The molecule has 1 amide bonds. The number of anilines is 1. The second-order valence-electron chi connectivity index (χ2n) is 9.18. The summed E-state index contributed by atoms with van der Waals surface area (Å²) in [6.45, 7) is 2.47. The molecule has 0 bridgehead atoms. The molecule has 2 heterocycles. The van der Waals surface area contributed by atoms with Gasteiger partial charge >= 0.3 is 12.1 Å². The Balaban J connectivity index is 0.000000493. The minimum absolute atomic E-state index is 0.00893. The lowest BCUT2D eigenvalue weighted by atomic mass is 10.1. The van der Waals surface area contributed by atoms with Gasteiger partial charge < -0.3 is 19.7 Å². The molecule has 0 aliphatic carbocycles. The number of carboxylic acids is 1. The highest BCUT2D eigenvalue weighted by molar-refractivity contribution is 6.05. The first-order valence-electron chi connectivity index (χ1n) is 12.2. The molecule has 212 valence electrons. The van der Waals surface area contributed by atoms with E-state index in [1.54, 1.807) is 41.7 Å². The molecule has 1 saturated heterocycles. The molecule has 13 heteroatoms. The number of imidazole rings is 1. The average Bonchev–Trinajstić information content (AvgIpc) is 3.35. The molecule has 41 heavy (non-hydrogen) atoms. The van der Waals surface area contributed by atoms with Crippen LogP contribution in [-0.4, -0.2) is 62.4 Å². The summed E-state index contributed by atoms with van der Waals surface area (Å²) in [6, 6.07) is 17.3. The van der Waals surface area contributed by atoms with E-state index in [-0.39, 0.29) is 23.8 Å². The first-order valence-corrected chi connectivity index (χ1v) is 12.2. The third kappa shape index (κ3) is 6.98. The van der Waals surface area contributed by atoms with E-state index in [0.717, 1.165) is 27.7 Å². The number of amides is 1. The van der Waals surface area contributed by atoms with E-state index in [1.807, 2.05) is 34.9 Å². The highest BCUT2D eigenvalue weighted by atomic mass is 19.4. The molecular weight excluding hydrogens is 546 g/mol. The Morgan fingerprint density at radius 3 is 2.51 bits per heavy atom. The van der Waals surface area contributed by atoms with Crippen LogP contribution in [0.2, 0.25) is 0 Å². The number of phenolic OH excluding ortho intramolecular Hbond substituents is 1. The molecular formula is C28H23F4N5O4. The largest absolute Gasteiger partial charge is 0.508 e. The van der Waals surface area contributed by atoms with Crippen LogP contribution in [0.15, 0.2) is 67.1 Å². The number of nitrogens with zero attached hydrogens (tertiary/aromatic N) is 5. The molecule has 1 aromatic heterocycles. The van der Waals surface area contributed by atoms with Crippen LogP contribution in [0.25, 0.3) is 10.8 Å². The second kappa shape index (κ2) is 12.1. The molecule has 0 saturated carbocycles. The number of aromatic hydroxyl groups is 1. The number of carboxylic acid groups (broad SMARTS) is 1. The quantitative estimate of drug-likeness (QED) is 0.344. The van der Waals surface area contributed by atoms with Crippen molar-refractivity contribution in [1.29, 1.82) is 5.26 Å². The summed E-state index contributed by atoms with van der Waals surface area (Å²) in [6.07, 6.45) is -1.62. The number of halogens is 4. The summed E-state index contributed by atoms with van der Waals surface area (Å²) < 4.78 is 47.3. The molecule has 0 atom stereocenters. The number of carbonyl (C=O) groups excluding carboxylic acids is 1. The van der Waals surface area contributed by atoms with Gasteiger partial charge in [-0.15, -0.1) is 0 Å². The molecule has 5 rings (SSSR count). The maximum atomic E-state index is 13.6. The smallest absolute Gasteiger partial charge is 0.490 e. The van der Waals surface area contributed by atoms with Crippen LogP contribution in [0.1, 0.15) is 16.8 Å². The monoisotopic (exact) mass is 569 g/mol. The van der Waals surface area contributed by atoms with Crippen molar-refractivity contribution in [1.82, 2.24) is 14.5 Å². The van der Waals surface area contributed by atoms with Crippen LogP contribution in [0, 0.1) is 17.1 Å². The SMILES string of the molecule is N#Cc1cc(Cn2cncc2CN2CCN(c3cccc4ccc(O)cc34)C(=O)C2)ccc1F.O=C(O)C(F)(F)F. The summed E-state index contributed by atoms with van der Waals surface area (Å²) in [7, 11) is 0. The number of alkyl halides is 3. The standard InChI is InChI=1S/C26H22FN5O2.C2HF3O2/c27-24-7-4-18(10-20(24)12-28)14-31-17-29-13-21(31)15-30-8-9-32(26(34)16-30)25-3-1-2-19-5-6-22(33)11-23(19)25;3-2(4,5)1(6)7/h1-7,10-11,13,17,33H,8-9,14-16H2;(H,6,7). The molecule has 1 fully saturated rings. The number of benzene rings is 3. The Bertz CT molecular complexity index is 1630. The molecule has 1 aliphatic rings. The molecule has 1 aliphatic heterocycles. The zero-order valence-electron chi connectivity index (χ0n) is 21.3. The van der Waals surface area contributed by atoms with E-state index in [4.69, 9.17) is 15.2 Å². The van der Waals surface area contributed by atoms with E-state index in [1.165, 1.54) is 6.07 Å². The van der Waals surface area contributed by atoms with E-state index in [0.29, 0.717) is 26.2 Å². The van der Waals surface area contributed by atoms with Gasteiger partial charge in [-0.05, 0) is 41.3 Å². The Labute approximate surface area is 231 Å². The number of rotatable bonds is 5. The number of hydrogen-bond donors (Lipinski definition) is 2. The predicted molar refractivity (Wildman–Crippen MR) is 139 cm³/mol. The van der Waals surface area contributed by atoms with Crippen molar-refractivity contribution in [3.63, 3.8) is 0 Å². The third-order valence-corrected chi connectivity index (χ3v) is 6.36. The van der Waals surface area contributed by atoms with Crippen molar-refractivity contribution in [3.8, 4) is 11.8 Å². The molecule has 0 unspecified atom stereocenters. The van der Waals surface area contributed by atoms with Crippen molar-refractivity contribution in [3.05, 3.63) is 89.8 Å². The van der Waals surface area contributed by atoms with Gasteiger partial charge in [0.2, 0.25) is 5.91 Å². The fraction of sp³-hybridized carbons (Fsp3) is 0.214. The van der Waals surface area contributed by atoms with Crippen molar-refractivity contribution < 1.29 is 37.4 Å². The van der Waals surface area contributed by atoms with Gasteiger partial charge in [-0.1, -0.05) is 24.3 Å². The van der Waals surface area contributed by atoms with Crippen LogP contribution in [-0.2, 0) is 22.7 Å². The summed E-state index contributed by atoms with van der Waals surface area (Å²) in [4.78, 5) is 30.1. The zero-order valence-corrected chi connectivity index (χ0v) is 21.3. The summed E-state index contributed by atoms with van der Waals surface area (Å²) in [5.41, 5.74) is 2.55. The lowest BCUT2D eigenvalue weighted by Crippen LogP contribution is -2.50. The van der Waals surface area contributed by atoms with Gasteiger partial charge in [0.15, 0.2) is 0 Å². The molecule has 0 radical (unpaired) electrons. The van der Waals surface area contributed by atoms with Crippen LogP contribution in [0.3, 0.4) is 0 Å². The van der Waals surface area contributed by atoms with E-state index in [9.17, 15) is 27.5 Å². The van der Waals surface area contributed by atoms with E-state index >= 15 is 0 Å². The van der Waals surface area contributed by atoms with E-state index in [2.05, 4.69) is 9.88 Å². The van der Waals surface area contributed by atoms with Crippen molar-refractivity contribution in [2.24, 2.45) is 0 Å². The normalized spacial score (nSPS) is 13.9. The topological polar surface area (TPSA) is 123 Å². The fourth-order valence-electron chi connectivity index (χ4n) is 4.40. The summed E-state index contributed by atoms with van der Waals surface area (Å²) >= 11 is 0. The summed E-state index contributed by atoms with van der Waals surface area (Å²) in [5, 5.41) is 27.9. The second-order valence-corrected chi connectivity index (χ2v) is 9.18. The van der Waals surface area contributed by atoms with Gasteiger partial charge in [-0.2, -0.15) is 18.4 Å². The number of hydrogen-bond acceptors (Lipinski definition) is 6. The maximum absolute atomic E-state index is 13.6. The number of carbonyl (C=O) groups is 2. The highest BCUT2D eigenvalue weighted by Gasteiger charge is 2.38. The molecule has 4 aromatic rings. The fourth-order valence-corrected chi connectivity index (χ4v) is 4.40. The lowest BCUT2D eigenvalue weighted by molar-refractivity contribution is -0.192. The van der Waals surface area contributed by atoms with Gasteiger partial charge in [0.25, 0.3) is 0 Å². The lowest BCUT2D eigenvalue weighted by Gasteiger charge is -2.35. The predicted octanol–water partition coefficient (Wildman–Crippen LogP) is 4.28. The number of nitriles is 1. The molecule has 0 spiro atoms. The van der Waals surface area contributed by atoms with Crippen LogP contribution in [0.4, 0.5) is 23.2 Å². The summed E-state index contributed by atoms with van der Waals surface area (Å²) in [5.74, 6) is -3.13. The van der Waals surface area contributed by atoms with Gasteiger partial charge in [-0.25, -0.2) is 14.2 Å². The van der Waals surface area contributed by atoms with E-state index < -0.39 is 18.0 Å². The molecule has 3 aromatic carbocycles. The Kier molecular flexibility index (Phi) is 8.53. The first kappa shape index (κ1) is 29.0.